The molecule has 0 aromatic carbocycles. The van der Waals surface area contributed by atoms with Crippen LogP contribution in [0.5, 0.6) is 0 Å². The van der Waals surface area contributed by atoms with Gasteiger partial charge in [-0.1, -0.05) is 59.8 Å². The van der Waals surface area contributed by atoms with Gasteiger partial charge in [0.25, 0.3) is 12.4 Å². The Balaban J connectivity index is 1.51. The van der Waals surface area contributed by atoms with Crippen molar-refractivity contribution < 1.29 is 14.3 Å². The molecule has 0 saturated heterocycles. The molecule has 37 heavy (non-hydrogen) atoms. The minimum Gasteiger partial charge on any atom is -0.464 e. The number of amides is 1. The van der Waals surface area contributed by atoms with Crippen molar-refractivity contribution in [3.05, 3.63) is 35.0 Å². The highest BCUT2D eigenvalue weighted by Gasteiger charge is 2.43. The molecule has 3 saturated carbocycles. The molecule has 1 N–H and O–H groups in total. The van der Waals surface area contributed by atoms with E-state index in [0.29, 0.717) is 30.9 Å². The van der Waals surface area contributed by atoms with Gasteiger partial charge in [-0.05, 0) is 37.3 Å². The number of aromatic nitrogens is 3. The van der Waals surface area contributed by atoms with E-state index >= 15 is 0 Å². The molecule has 0 unspecified atom stereocenters. The zero-order chi connectivity index (χ0) is 26.4. The van der Waals surface area contributed by atoms with Crippen LogP contribution in [0.1, 0.15) is 113 Å². The molecule has 7 nitrogen and oxygen atoms in total. The van der Waals surface area contributed by atoms with E-state index in [0.717, 1.165) is 42.0 Å². The summed E-state index contributed by atoms with van der Waals surface area (Å²) in [7, 11) is 2.02. The van der Waals surface area contributed by atoms with E-state index < -0.39 is 0 Å². The monoisotopic (exact) mass is 506 g/mol. The first-order valence-electron chi connectivity index (χ1n) is 14.1. The minimum absolute atomic E-state index is 0.0329. The number of hydrogen-bond donors (Lipinski definition) is 1. The molecular formula is C30H42N4O3. The fraction of sp³-hybridized carbons (Fsp3) is 0.667. The molecule has 0 atom stereocenters. The number of carbonyl (C=O) groups excluding carboxylic acids is 2. The normalized spacial score (nSPS) is 23.3. The summed E-state index contributed by atoms with van der Waals surface area (Å²) in [6, 6.07) is 4.22. The van der Waals surface area contributed by atoms with Gasteiger partial charge in [0.1, 0.15) is 17.6 Å². The van der Waals surface area contributed by atoms with Crippen molar-refractivity contribution in [3.8, 4) is 11.3 Å². The Hall–Kier alpha value is -2.70. The van der Waals surface area contributed by atoms with Gasteiger partial charge in [-0.3, -0.25) is 9.59 Å². The Kier molecular flexibility index (Phi) is 6.92. The first-order valence-corrected chi connectivity index (χ1v) is 14.1. The Morgan fingerprint density at radius 1 is 1.16 bits per heavy atom. The SMILES string of the molecule is Cn1c(C(=O)N[C@H]2C[C@H](OC=O)C2)cc(-c2cc(C(C)(C)C)nc(C3(C)CC3)n2)c1CC1CCCCC1. The lowest BCUT2D eigenvalue weighted by Crippen LogP contribution is -2.48. The summed E-state index contributed by atoms with van der Waals surface area (Å²) in [4.78, 5) is 34.2. The van der Waals surface area contributed by atoms with Crippen LogP contribution >= 0.6 is 0 Å². The van der Waals surface area contributed by atoms with Crippen molar-refractivity contribution in [2.45, 2.75) is 115 Å². The topological polar surface area (TPSA) is 86.1 Å². The number of carbonyl (C=O) groups is 2. The van der Waals surface area contributed by atoms with Gasteiger partial charge >= 0.3 is 0 Å². The summed E-state index contributed by atoms with van der Waals surface area (Å²) in [6.07, 6.45) is 10.8. The molecule has 200 valence electrons. The van der Waals surface area contributed by atoms with E-state index in [2.05, 4.69) is 43.6 Å². The average Bonchev–Trinajstić information content (AvgIpc) is 3.52. The van der Waals surface area contributed by atoms with Crippen molar-refractivity contribution in [1.29, 1.82) is 0 Å². The lowest BCUT2D eigenvalue weighted by Gasteiger charge is -2.34. The summed E-state index contributed by atoms with van der Waals surface area (Å²) in [6.45, 7) is 9.35. The van der Waals surface area contributed by atoms with Gasteiger partial charge in [0.05, 0.1) is 11.4 Å². The Morgan fingerprint density at radius 3 is 2.49 bits per heavy atom. The Labute approximate surface area is 220 Å². The van der Waals surface area contributed by atoms with Crippen molar-refractivity contribution in [1.82, 2.24) is 19.9 Å². The van der Waals surface area contributed by atoms with Crippen molar-refractivity contribution in [2.24, 2.45) is 13.0 Å². The first-order chi connectivity index (χ1) is 17.6. The van der Waals surface area contributed by atoms with Gasteiger partial charge < -0.3 is 14.6 Å². The average molecular weight is 507 g/mol. The van der Waals surface area contributed by atoms with Gasteiger partial charge in [-0.25, -0.2) is 9.97 Å². The fourth-order valence-corrected chi connectivity index (χ4v) is 5.78. The molecule has 3 fully saturated rings. The lowest BCUT2D eigenvalue weighted by atomic mass is 9.85. The molecule has 7 heteroatoms. The molecule has 0 spiro atoms. The van der Waals surface area contributed by atoms with Crippen LogP contribution < -0.4 is 5.32 Å². The highest BCUT2D eigenvalue weighted by Crippen LogP contribution is 2.47. The van der Waals surface area contributed by atoms with Gasteiger partial charge in [-0.2, -0.15) is 0 Å². The van der Waals surface area contributed by atoms with Crippen LogP contribution in [-0.2, 0) is 33.8 Å². The third-order valence-corrected chi connectivity index (χ3v) is 8.79. The number of hydrogen-bond acceptors (Lipinski definition) is 5. The van der Waals surface area contributed by atoms with Crippen molar-refractivity contribution >= 4 is 12.4 Å². The number of nitrogens with one attached hydrogen (secondary N) is 1. The van der Waals surface area contributed by atoms with E-state index in [1.807, 2.05) is 13.1 Å². The van der Waals surface area contributed by atoms with Crippen LogP contribution in [0.15, 0.2) is 12.1 Å². The molecule has 5 rings (SSSR count). The van der Waals surface area contributed by atoms with Crippen molar-refractivity contribution in [3.63, 3.8) is 0 Å². The molecule has 0 bridgehead atoms. The Bertz CT molecular complexity index is 1140. The summed E-state index contributed by atoms with van der Waals surface area (Å²) in [5, 5.41) is 3.15. The lowest BCUT2D eigenvalue weighted by molar-refractivity contribution is -0.138. The number of nitrogens with zero attached hydrogens (tertiary/aromatic N) is 3. The van der Waals surface area contributed by atoms with Crippen LogP contribution in [0.2, 0.25) is 0 Å². The van der Waals surface area contributed by atoms with Crippen LogP contribution in [-0.4, -0.2) is 39.1 Å². The van der Waals surface area contributed by atoms with Crippen LogP contribution in [0.3, 0.4) is 0 Å². The van der Waals surface area contributed by atoms with Crippen LogP contribution in [0.25, 0.3) is 11.3 Å². The molecule has 0 aliphatic heterocycles. The molecule has 2 aromatic heterocycles. The summed E-state index contributed by atoms with van der Waals surface area (Å²) in [5.41, 5.74) is 4.86. The zero-order valence-electron chi connectivity index (χ0n) is 23.1. The summed E-state index contributed by atoms with van der Waals surface area (Å²) in [5.74, 6) is 1.49. The number of rotatable bonds is 8. The summed E-state index contributed by atoms with van der Waals surface area (Å²) >= 11 is 0. The van der Waals surface area contributed by atoms with Crippen LogP contribution in [0, 0.1) is 5.92 Å². The Morgan fingerprint density at radius 2 is 1.86 bits per heavy atom. The van der Waals surface area contributed by atoms with Gasteiger partial charge in [0.2, 0.25) is 0 Å². The largest absolute Gasteiger partial charge is 0.464 e. The standard InChI is InChI=1S/C30H42N4O3/c1-29(2,3)26-17-23(32-28(33-26)30(4)11-12-30)22-16-25(27(36)31-20-14-21(15-20)37-18-35)34(5)24(22)13-19-9-7-6-8-10-19/h16-21H,6-15H2,1-5H3,(H,31,36)/t20-,21-. The van der Waals surface area contributed by atoms with E-state index in [1.165, 1.54) is 37.8 Å². The summed E-state index contributed by atoms with van der Waals surface area (Å²) < 4.78 is 7.11. The van der Waals surface area contributed by atoms with Crippen LogP contribution in [0.4, 0.5) is 0 Å². The molecule has 1 amide bonds. The second-order valence-corrected chi connectivity index (χ2v) is 12.9. The van der Waals surface area contributed by atoms with E-state index in [1.54, 1.807) is 0 Å². The molecule has 3 aliphatic rings. The second-order valence-electron chi connectivity index (χ2n) is 12.9. The third-order valence-electron chi connectivity index (χ3n) is 8.79. The quantitative estimate of drug-likeness (QED) is 0.485. The van der Waals surface area contributed by atoms with Gasteiger partial charge in [0, 0.05) is 48.0 Å². The molecular weight excluding hydrogens is 464 g/mol. The second kappa shape index (κ2) is 9.88. The maximum atomic E-state index is 13.4. The smallest absolute Gasteiger partial charge is 0.293 e. The predicted molar refractivity (Wildman–Crippen MR) is 143 cm³/mol. The fourth-order valence-electron chi connectivity index (χ4n) is 5.78. The number of ether oxygens (including phenoxy) is 1. The highest BCUT2D eigenvalue weighted by molar-refractivity contribution is 5.95. The highest BCUT2D eigenvalue weighted by atomic mass is 16.5. The molecule has 0 radical (unpaired) electrons. The van der Waals surface area contributed by atoms with Crippen molar-refractivity contribution in [2.75, 3.05) is 0 Å². The van der Waals surface area contributed by atoms with Gasteiger partial charge in [-0.15, -0.1) is 0 Å². The zero-order valence-corrected chi connectivity index (χ0v) is 23.1. The molecule has 2 aromatic rings. The van der Waals surface area contributed by atoms with Gasteiger partial charge in [0.15, 0.2) is 0 Å². The minimum atomic E-state index is -0.0967. The maximum Gasteiger partial charge on any atom is 0.293 e. The van der Waals surface area contributed by atoms with E-state index in [-0.39, 0.29) is 28.9 Å². The third kappa shape index (κ3) is 5.46. The first kappa shape index (κ1) is 25.9. The van der Waals surface area contributed by atoms with E-state index in [9.17, 15) is 9.59 Å². The maximum absolute atomic E-state index is 13.4. The molecule has 2 heterocycles. The molecule has 3 aliphatic carbocycles. The predicted octanol–water partition coefficient (Wildman–Crippen LogP) is 5.39. The van der Waals surface area contributed by atoms with E-state index in [4.69, 9.17) is 14.7 Å².